The number of benzene rings is 1. The van der Waals surface area contributed by atoms with Gasteiger partial charge in [-0.15, -0.1) is 0 Å². The Balaban J connectivity index is 2.58. The first-order chi connectivity index (χ1) is 11.3. The van der Waals surface area contributed by atoms with Crippen LogP contribution in [0.1, 0.15) is 61.0 Å². The van der Waals surface area contributed by atoms with Crippen molar-refractivity contribution in [3.63, 3.8) is 0 Å². The van der Waals surface area contributed by atoms with Crippen molar-refractivity contribution in [1.82, 2.24) is 5.32 Å². The number of unbranched alkanes of at least 4 members (excludes halogenated alkanes) is 1. The average molecular weight is 355 g/mol. The second kappa shape index (κ2) is 7.96. The molecular formula is C16H25N3O4S. The third-order valence-electron chi connectivity index (χ3n) is 4.20. The largest absolute Gasteiger partial charge is 0.478 e. The monoisotopic (exact) mass is 355 g/mol. The zero-order valence-corrected chi connectivity index (χ0v) is 14.7. The number of nitrogens with two attached hydrogens (primary N) is 1. The molecular weight excluding hydrogens is 330 g/mol. The normalized spacial score (nSPS) is 18.3. The van der Waals surface area contributed by atoms with Crippen molar-refractivity contribution >= 4 is 21.7 Å². The molecule has 1 saturated heterocycles. The number of carbonyl (C=O) groups is 1. The third kappa shape index (κ3) is 4.46. The molecule has 0 amide bonds. The SMILES string of the molecule is CCCCNc1cc(C(=O)O)cc(S(N)(=O)=O)c1C1CCCCN1. The number of nitrogens with one attached hydrogen (secondary N) is 2. The van der Waals surface area contributed by atoms with E-state index >= 15 is 0 Å². The van der Waals surface area contributed by atoms with Gasteiger partial charge in [0, 0.05) is 23.8 Å². The molecule has 0 aliphatic carbocycles. The maximum absolute atomic E-state index is 12.1. The Hall–Kier alpha value is -1.64. The van der Waals surface area contributed by atoms with E-state index in [1.165, 1.54) is 6.07 Å². The average Bonchev–Trinajstić information content (AvgIpc) is 2.54. The predicted octanol–water partition coefficient (Wildman–Crippen LogP) is 2.06. The maximum atomic E-state index is 12.1. The van der Waals surface area contributed by atoms with Crippen molar-refractivity contribution in [3.05, 3.63) is 23.3 Å². The van der Waals surface area contributed by atoms with E-state index in [1.54, 1.807) is 0 Å². The van der Waals surface area contributed by atoms with Gasteiger partial charge in [-0.2, -0.15) is 0 Å². The topological polar surface area (TPSA) is 122 Å². The second-order valence-electron chi connectivity index (χ2n) is 6.07. The molecule has 1 aromatic rings. The molecule has 1 aliphatic heterocycles. The van der Waals surface area contributed by atoms with E-state index in [-0.39, 0.29) is 16.5 Å². The molecule has 1 heterocycles. The molecule has 2 rings (SSSR count). The number of hydrogen-bond donors (Lipinski definition) is 4. The molecule has 7 nitrogen and oxygen atoms in total. The molecule has 1 aliphatic rings. The quantitative estimate of drug-likeness (QED) is 0.555. The van der Waals surface area contributed by atoms with E-state index in [9.17, 15) is 18.3 Å². The molecule has 1 fully saturated rings. The Labute approximate surface area is 142 Å². The van der Waals surface area contributed by atoms with Gasteiger partial charge in [-0.3, -0.25) is 0 Å². The number of rotatable bonds is 7. The van der Waals surface area contributed by atoms with E-state index < -0.39 is 16.0 Å². The van der Waals surface area contributed by atoms with Crippen molar-refractivity contribution in [1.29, 1.82) is 0 Å². The van der Waals surface area contributed by atoms with Crippen molar-refractivity contribution < 1.29 is 18.3 Å². The van der Waals surface area contributed by atoms with Gasteiger partial charge < -0.3 is 15.7 Å². The number of carboxylic acids is 1. The Morgan fingerprint density at radius 1 is 1.42 bits per heavy atom. The lowest BCUT2D eigenvalue weighted by atomic mass is 9.94. The lowest BCUT2D eigenvalue weighted by Gasteiger charge is -2.28. The third-order valence-corrected chi connectivity index (χ3v) is 5.15. The Kier molecular flexibility index (Phi) is 6.20. The van der Waals surface area contributed by atoms with Crippen molar-refractivity contribution in [2.24, 2.45) is 5.14 Å². The number of hydrogen-bond acceptors (Lipinski definition) is 5. The molecule has 0 bridgehead atoms. The summed E-state index contributed by atoms with van der Waals surface area (Å²) in [5, 5.41) is 21.2. The fraction of sp³-hybridized carbons (Fsp3) is 0.562. The van der Waals surface area contributed by atoms with Crippen LogP contribution in [0.5, 0.6) is 0 Å². The van der Waals surface area contributed by atoms with Gasteiger partial charge in [-0.05, 0) is 37.9 Å². The van der Waals surface area contributed by atoms with Gasteiger partial charge in [-0.1, -0.05) is 19.8 Å². The minimum absolute atomic E-state index is 0.0856. The van der Waals surface area contributed by atoms with E-state index in [0.717, 1.165) is 44.7 Å². The second-order valence-corrected chi connectivity index (χ2v) is 7.60. The van der Waals surface area contributed by atoms with Crippen molar-refractivity contribution in [3.8, 4) is 0 Å². The van der Waals surface area contributed by atoms with Gasteiger partial charge in [0.15, 0.2) is 0 Å². The summed E-state index contributed by atoms with van der Waals surface area (Å²) in [6.07, 6.45) is 4.69. The summed E-state index contributed by atoms with van der Waals surface area (Å²) in [6.45, 7) is 3.49. The minimum Gasteiger partial charge on any atom is -0.478 e. The molecule has 0 saturated carbocycles. The highest BCUT2D eigenvalue weighted by atomic mass is 32.2. The standard InChI is InChI=1S/C16H25N3O4S/c1-2-3-7-19-13-9-11(16(20)21)10-14(24(17,22)23)15(13)12-6-4-5-8-18-12/h9-10,12,18-19H,2-8H2,1H3,(H,20,21)(H2,17,22,23). The lowest BCUT2D eigenvalue weighted by Crippen LogP contribution is -2.30. The number of carboxylic acid groups (broad SMARTS) is 1. The molecule has 134 valence electrons. The number of aromatic carboxylic acids is 1. The molecule has 0 spiro atoms. The van der Waals surface area contributed by atoms with Crippen LogP contribution in [0.2, 0.25) is 0 Å². The summed E-state index contributed by atoms with van der Waals surface area (Å²) in [7, 11) is -4.04. The summed E-state index contributed by atoms with van der Waals surface area (Å²) in [6, 6.07) is 2.51. The highest BCUT2D eigenvalue weighted by Gasteiger charge is 2.27. The van der Waals surface area contributed by atoms with Crippen LogP contribution < -0.4 is 15.8 Å². The molecule has 24 heavy (non-hydrogen) atoms. The van der Waals surface area contributed by atoms with Crippen LogP contribution in [-0.2, 0) is 10.0 Å². The minimum atomic E-state index is -4.04. The summed E-state index contributed by atoms with van der Waals surface area (Å²) in [5.41, 5.74) is 1.00. The van der Waals surface area contributed by atoms with Crippen molar-refractivity contribution in [2.45, 2.75) is 50.0 Å². The van der Waals surface area contributed by atoms with E-state index in [2.05, 4.69) is 17.6 Å². The molecule has 1 aromatic carbocycles. The fourth-order valence-corrected chi connectivity index (χ4v) is 3.84. The van der Waals surface area contributed by atoms with Gasteiger partial charge >= 0.3 is 5.97 Å². The zero-order valence-electron chi connectivity index (χ0n) is 13.8. The summed E-state index contributed by atoms with van der Waals surface area (Å²) >= 11 is 0. The molecule has 5 N–H and O–H groups in total. The maximum Gasteiger partial charge on any atom is 0.335 e. The highest BCUT2D eigenvalue weighted by molar-refractivity contribution is 7.89. The number of sulfonamides is 1. The first-order valence-electron chi connectivity index (χ1n) is 8.26. The smallest absolute Gasteiger partial charge is 0.335 e. The predicted molar refractivity (Wildman–Crippen MR) is 92.8 cm³/mol. The van der Waals surface area contributed by atoms with Crippen LogP contribution >= 0.6 is 0 Å². The van der Waals surface area contributed by atoms with Crippen LogP contribution in [0, 0.1) is 0 Å². The van der Waals surface area contributed by atoms with E-state index in [1.807, 2.05) is 0 Å². The van der Waals surface area contributed by atoms with Crippen LogP contribution in [0.4, 0.5) is 5.69 Å². The molecule has 0 aromatic heterocycles. The van der Waals surface area contributed by atoms with Crippen LogP contribution in [0.3, 0.4) is 0 Å². The molecule has 0 radical (unpaired) electrons. The molecule has 8 heteroatoms. The summed E-state index contributed by atoms with van der Waals surface area (Å²) in [5.74, 6) is -1.18. The van der Waals surface area contributed by atoms with Crippen LogP contribution in [-0.4, -0.2) is 32.6 Å². The van der Waals surface area contributed by atoms with E-state index in [0.29, 0.717) is 17.8 Å². The summed E-state index contributed by atoms with van der Waals surface area (Å²) < 4.78 is 24.2. The van der Waals surface area contributed by atoms with Gasteiger partial charge in [0.25, 0.3) is 0 Å². The zero-order chi connectivity index (χ0) is 17.7. The molecule has 1 atom stereocenters. The first kappa shape index (κ1) is 18.7. The number of anilines is 1. The van der Waals surface area contributed by atoms with Gasteiger partial charge in [0.1, 0.15) is 0 Å². The highest BCUT2D eigenvalue weighted by Crippen LogP contribution is 2.35. The molecule has 1 unspecified atom stereocenters. The lowest BCUT2D eigenvalue weighted by molar-refractivity contribution is 0.0696. The number of primary sulfonamides is 1. The first-order valence-corrected chi connectivity index (χ1v) is 9.80. The Bertz CT molecular complexity index is 698. The van der Waals surface area contributed by atoms with Crippen LogP contribution in [0.25, 0.3) is 0 Å². The van der Waals surface area contributed by atoms with Crippen molar-refractivity contribution in [2.75, 3.05) is 18.4 Å². The fourth-order valence-electron chi connectivity index (χ4n) is 2.99. The van der Waals surface area contributed by atoms with E-state index in [4.69, 9.17) is 5.14 Å². The van der Waals surface area contributed by atoms with Gasteiger partial charge in [0.05, 0.1) is 10.5 Å². The van der Waals surface area contributed by atoms with Gasteiger partial charge in [-0.25, -0.2) is 18.4 Å². The Morgan fingerprint density at radius 2 is 2.17 bits per heavy atom. The summed E-state index contributed by atoms with van der Waals surface area (Å²) in [4.78, 5) is 11.3. The Morgan fingerprint density at radius 3 is 2.71 bits per heavy atom. The van der Waals surface area contributed by atoms with Gasteiger partial charge in [0.2, 0.25) is 10.0 Å². The van der Waals surface area contributed by atoms with Crippen LogP contribution in [0.15, 0.2) is 17.0 Å². The number of piperidine rings is 1.